The fourth-order valence-electron chi connectivity index (χ4n) is 3.12. The molecule has 1 aliphatic carbocycles. The van der Waals surface area contributed by atoms with Gasteiger partial charge in [0.05, 0.1) is 6.20 Å². The molecule has 2 heterocycles. The molecule has 0 radical (unpaired) electrons. The Labute approximate surface area is 120 Å². The van der Waals surface area contributed by atoms with E-state index >= 15 is 0 Å². The van der Waals surface area contributed by atoms with Gasteiger partial charge in [-0.3, -0.25) is 5.10 Å². The van der Waals surface area contributed by atoms with Crippen molar-refractivity contribution in [2.24, 2.45) is 11.8 Å². The van der Waals surface area contributed by atoms with Crippen molar-refractivity contribution in [3.8, 4) is 11.5 Å². The van der Waals surface area contributed by atoms with Crippen LogP contribution in [0.25, 0.3) is 11.5 Å². The second kappa shape index (κ2) is 5.44. The molecule has 108 valence electrons. The molecule has 1 aliphatic rings. The van der Waals surface area contributed by atoms with Crippen LogP contribution < -0.4 is 5.32 Å². The fraction of sp³-hybridized carbons (Fsp3) is 0.562. The molecule has 0 amide bonds. The minimum atomic E-state index is 0.617. The van der Waals surface area contributed by atoms with Gasteiger partial charge in [-0.15, -0.1) is 0 Å². The van der Waals surface area contributed by atoms with Crippen LogP contribution in [-0.2, 0) is 6.54 Å². The van der Waals surface area contributed by atoms with Crippen molar-refractivity contribution in [2.45, 2.75) is 46.2 Å². The quantitative estimate of drug-likeness (QED) is 0.896. The van der Waals surface area contributed by atoms with Gasteiger partial charge in [0.15, 0.2) is 5.76 Å². The Morgan fingerprint density at radius 3 is 2.85 bits per heavy atom. The minimum Gasteiger partial charge on any atom is -0.460 e. The lowest BCUT2D eigenvalue weighted by atomic mass is 9.97. The number of aryl methyl sites for hydroxylation is 1. The van der Waals surface area contributed by atoms with E-state index in [2.05, 4.69) is 29.4 Å². The molecule has 0 saturated heterocycles. The van der Waals surface area contributed by atoms with Gasteiger partial charge in [0.2, 0.25) is 0 Å². The molecular formula is C16H23N3O. The predicted octanol–water partition coefficient (Wildman–Crippen LogP) is 3.50. The topological polar surface area (TPSA) is 53.9 Å². The third-order valence-electron chi connectivity index (χ3n) is 4.72. The van der Waals surface area contributed by atoms with Crippen molar-refractivity contribution in [1.29, 1.82) is 0 Å². The SMILES string of the molecule is Cc1ccc(-c2[nH]ncc2CNC2CCC(C)C2C)o1. The normalized spacial score (nSPS) is 26.2. The average Bonchev–Trinajstić information content (AvgIpc) is 3.11. The van der Waals surface area contributed by atoms with Crippen LogP contribution in [-0.4, -0.2) is 16.2 Å². The van der Waals surface area contributed by atoms with Crippen LogP contribution in [0.2, 0.25) is 0 Å². The maximum atomic E-state index is 5.68. The van der Waals surface area contributed by atoms with Crippen LogP contribution >= 0.6 is 0 Å². The van der Waals surface area contributed by atoms with Crippen molar-refractivity contribution in [1.82, 2.24) is 15.5 Å². The van der Waals surface area contributed by atoms with Gasteiger partial charge in [-0.1, -0.05) is 13.8 Å². The highest BCUT2D eigenvalue weighted by atomic mass is 16.3. The lowest BCUT2D eigenvalue weighted by Gasteiger charge is -2.19. The molecule has 3 unspecified atom stereocenters. The molecule has 2 aromatic heterocycles. The van der Waals surface area contributed by atoms with E-state index in [1.54, 1.807) is 0 Å². The van der Waals surface area contributed by atoms with Crippen molar-refractivity contribution in [3.63, 3.8) is 0 Å². The Balaban J connectivity index is 1.68. The Kier molecular flexibility index (Phi) is 3.66. The first-order valence-corrected chi connectivity index (χ1v) is 7.47. The molecule has 2 aromatic rings. The van der Waals surface area contributed by atoms with E-state index in [1.165, 1.54) is 18.4 Å². The zero-order valence-electron chi connectivity index (χ0n) is 12.4. The summed E-state index contributed by atoms with van der Waals surface area (Å²) in [4.78, 5) is 0. The summed E-state index contributed by atoms with van der Waals surface area (Å²) in [6.07, 6.45) is 4.49. The maximum Gasteiger partial charge on any atom is 0.152 e. The molecule has 0 aromatic carbocycles. The first-order valence-electron chi connectivity index (χ1n) is 7.47. The molecule has 0 spiro atoms. The Morgan fingerprint density at radius 2 is 2.20 bits per heavy atom. The van der Waals surface area contributed by atoms with Crippen LogP contribution in [0.1, 0.15) is 38.0 Å². The average molecular weight is 273 g/mol. The van der Waals surface area contributed by atoms with Crippen molar-refractivity contribution < 1.29 is 4.42 Å². The summed E-state index contributed by atoms with van der Waals surface area (Å²) in [6, 6.07) is 4.59. The summed E-state index contributed by atoms with van der Waals surface area (Å²) < 4.78 is 5.68. The molecule has 1 fully saturated rings. The number of aromatic amines is 1. The van der Waals surface area contributed by atoms with Crippen LogP contribution in [0.3, 0.4) is 0 Å². The van der Waals surface area contributed by atoms with E-state index in [1.807, 2.05) is 25.3 Å². The van der Waals surface area contributed by atoms with E-state index in [0.717, 1.165) is 35.6 Å². The standard InChI is InChI=1S/C16H23N3O/c1-10-4-6-14(12(10)3)17-8-13-9-18-19-16(13)15-7-5-11(2)20-15/h5,7,9-10,12,14,17H,4,6,8H2,1-3H3,(H,18,19). The summed E-state index contributed by atoms with van der Waals surface area (Å²) in [5, 5.41) is 10.9. The lowest BCUT2D eigenvalue weighted by molar-refractivity contribution is 0.370. The number of hydrogen-bond acceptors (Lipinski definition) is 3. The number of aromatic nitrogens is 2. The van der Waals surface area contributed by atoms with Crippen LogP contribution in [0.4, 0.5) is 0 Å². The number of rotatable bonds is 4. The number of H-pyrrole nitrogens is 1. The van der Waals surface area contributed by atoms with E-state index < -0.39 is 0 Å². The molecule has 3 atom stereocenters. The monoisotopic (exact) mass is 273 g/mol. The van der Waals surface area contributed by atoms with Crippen LogP contribution in [0, 0.1) is 18.8 Å². The molecular weight excluding hydrogens is 250 g/mol. The molecule has 4 nitrogen and oxygen atoms in total. The van der Waals surface area contributed by atoms with Gasteiger partial charge in [-0.2, -0.15) is 5.10 Å². The number of furan rings is 1. The van der Waals surface area contributed by atoms with Gasteiger partial charge in [0.25, 0.3) is 0 Å². The first-order chi connectivity index (χ1) is 9.65. The minimum absolute atomic E-state index is 0.617. The predicted molar refractivity (Wildman–Crippen MR) is 79.2 cm³/mol. The van der Waals surface area contributed by atoms with E-state index in [-0.39, 0.29) is 0 Å². The smallest absolute Gasteiger partial charge is 0.152 e. The van der Waals surface area contributed by atoms with Crippen LogP contribution in [0.5, 0.6) is 0 Å². The van der Waals surface area contributed by atoms with Gasteiger partial charge in [0, 0.05) is 18.2 Å². The third kappa shape index (κ3) is 2.52. The van der Waals surface area contributed by atoms with Gasteiger partial charge in [0.1, 0.15) is 11.5 Å². The highest BCUT2D eigenvalue weighted by Crippen LogP contribution is 2.31. The molecule has 0 aliphatic heterocycles. The molecule has 4 heteroatoms. The zero-order chi connectivity index (χ0) is 14.1. The molecule has 20 heavy (non-hydrogen) atoms. The summed E-state index contributed by atoms with van der Waals surface area (Å²) in [5.41, 5.74) is 2.16. The first kappa shape index (κ1) is 13.4. The van der Waals surface area contributed by atoms with E-state index in [0.29, 0.717) is 6.04 Å². The Bertz CT molecular complexity index is 572. The summed E-state index contributed by atoms with van der Waals surface area (Å²) in [5.74, 6) is 3.36. The third-order valence-corrected chi connectivity index (χ3v) is 4.72. The van der Waals surface area contributed by atoms with E-state index in [9.17, 15) is 0 Å². The Morgan fingerprint density at radius 1 is 1.35 bits per heavy atom. The molecule has 3 rings (SSSR count). The van der Waals surface area contributed by atoms with Gasteiger partial charge >= 0.3 is 0 Å². The second-order valence-electron chi connectivity index (χ2n) is 6.08. The fourth-order valence-corrected chi connectivity index (χ4v) is 3.12. The maximum absolute atomic E-state index is 5.68. The van der Waals surface area contributed by atoms with Gasteiger partial charge in [-0.25, -0.2) is 0 Å². The number of nitrogens with one attached hydrogen (secondary N) is 2. The molecule has 0 bridgehead atoms. The largest absolute Gasteiger partial charge is 0.460 e. The zero-order valence-corrected chi connectivity index (χ0v) is 12.4. The van der Waals surface area contributed by atoms with Crippen molar-refractivity contribution in [2.75, 3.05) is 0 Å². The van der Waals surface area contributed by atoms with Crippen LogP contribution in [0.15, 0.2) is 22.7 Å². The van der Waals surface area contributed by atoms with Gasteiger partial charge < -0.3 is 9.73 Å². The van der Waals surface area contributed by atoms with Crippen molar-refractivity contribution in [3.05, 3.63) is 29.7 Å². The highest BCUT2D eigenvalue weighted by molar-refractivity contribution is 5.56. The highest BCUT2D eigenvalue weighted by Gasteiger charge is 2.29. The van der Waals surface area contributed by atoms with Crippen molar-refractivity contribution >= 4 is 0 Å². The number of nitrogens with zero attached hydrogens (tertiary/aromatic N) is 1. The lowest BCUT2D eigenvalue weighted by Crippen LogP contribution is -2.31. The molecule has 1 saturated carbocycles. The van der Waals surface area contributed by atoms with E-state index in [4.69, 9.17) is 4.42 Å². The number of hydrogen-bond donors (Lipinski definition) is 2. The molecule has 2 N–H and O–H groups in total. The summed E-state index contributed by atoms with van der Waals surface area (Å²) >= 11 is 0. The summed E-state index contributed by atoms with van der Waals surface area (Å²) in [6.45, 7) is 7.50. The summed E-state index contributed by atoms with van der Waals surface area (Å²) in [7, 11) is 0. The Hall–Kier alpha value is -1.55. The van der Waals surface area contributed by atoms with Gasteiger partial charge in [-0.05, 0) is 43.7 Å². The second-order valence-corrected chi connectivity index (χ2v) is 6.08.